The molecule has 2 aromatic heterocycles. The Morgan fingerprint density at radius 2 is 1.29 bits per heavy atom. The van der Waals surface area contributed by atoms with Gasteiger partial charge in [0.25, 0.3) is 0 Å². The maximum atomic E-state index is 4.22. The zero-order chi connectivity index (χ0) is 12.1. The summed E-state index contributed by atoms with van der Waals surface area (Å²) in [5.41, 5.74) is 0. The molecule has 0 amide bonds. The van der Waals surface area contributed by atoms with Gasteiger partial charge in [-0.1, -0.05) is 0 Å². The molecule has 17 heavy (non-hydrogen) atoms. The number of hydrogen-bond acceptors (Lipinski definition) is 2. The molecule has 0 radical (unpaired) electrons. The fraction of sp³-hybridized carbons (Fsp3) is 0.538. The monoisotopic (exact) mass is 232 g/mol. The van der Waals surface area contributed by atoms with Crippen LogP contribution in [0.1, 0.15) is 30.9 Å². The van der Waals surface area contributed by atoms with E-state index in [0.29, 0.717) is 0 Å². The highest BCUT2D eigenvalue weighted by atomic mass is 15.1. The molecular weight excluding hydrogens is 212 g/mol. The van der Waals surface area contributed by atoms with Crippen LogP contribution in [0.5, 0.6) is 0 Å². The molecule has 4 nitrogen and oxygen atoms in total. The molecule has 0 N–H and O–H groups in total. The van der Waals surface area contributed by atoms with Crippen LogP contribution in [-0.4, -0.2) is 19.1 Å². The van der Waals surface area contributed by atoms with Crippen LogP contribution in [-0.2, 0) is 13.1 Å². The van der Waals surface area contributed by atoms with Crippen molar-refractivity contribution in [3.63, 3.8) is 0 Å². The molecule has 0 atom stereocenters. The van der Waals surface area contributed by atoms with Crippen molar-refractivity contribution >= 4 is 0 Å². The molecule has 0 unspecified atom stereocenters. The third-order valence-corrected chi connectivity index (χ3v) is 3.15. The summed E-state index contributed by atoms with van der Waals surface area (Å²) in [5, 5.41) is 0. The second kappa shape index (κ2) is 5.66. The molecule has 0 saturated heterocycles. The van der Waals surface area contributed by atoms with Gasteiger partial charge in [-0.15, -0.1) is 0 Å². The highest BCUT2D eigenvalue weighted by Gasteiger charge is 1.98. The molecule has 0 aromatic carbocycles. The smallest absolute Gasteiger partial charge is 0.105 e. The third-order valence-electron chi connectivity index (χ3n) is 3.15. The zero-order valence-electron chi connectivity index (χ0n) is 10.6. The zero-order valence-corrected chi connectivity index (χ0v) is 10.6. The number of nitrogens with zero attached hydrogens (tertiary/aromatic N) is 4. The van der Waals surface area contributed by atoms with Gasteiger partial charge in [0.05, 0.1) is 0 Å². The van der Waals surface area contributed by atoms with Gasteiger partial charge in [0.1, 0.15) is 11.6 Å². The molecule has 2 rings (SSSR count). The number of rotatable bonds is 6. The van der Waals surface area contributed by atoms with Crippen LogP contribution in [0.15, 0.2) is 24.8 Å². The predicted octanol–water partition coefficient (Wildman–Crippen LogP) is 2.57. The molecule has 0 spiro atoms. The Labute approximate surface area is 102 Å². The largest absolute Gasteiger partial charge is 0.335 e. The number of imidazole rings is 2. The molecule has 0 saturated carbocycles. The molecule has 0 aliphatic rings. The molecule has 0 aliphatic heterocycles. The molecule has 2 heterocycles. The van der Waals surface area contributed by atoms with Crippen LogP contribution in [0.3, 0.4) is 0 Å². The number of aromatic nitrogens is 4. The molecule has 0 fully saturated rings. The van der Waals surface area contributed by atoms with E-state index in [2.05, 4.69) is 45.3 Å². The lowest BCUT2D eigenvalue weighted by Crippen LogP contribution is -2.02. The summed E-state index contributed by atoms with van der Waals surface area (Å²) in [4.78, 5) is 8.44. The minimum absolute atomic E-state index is 1.08. The molecular formula is C13H20N4. The van der Waals surface area contributed by atoms with Crippen molar-refractivity contribution in [2.75, 3.05) is 0 Å². The Morgan fingerprint density at radius 1 is 0.824 bits per heavy atom. The summed E-state index contributed by atoms with van der Waals surface area (Å²) in [6.45, 7) is 6.26. The Morgan fingerprint density at radius 3 is 1.65 bits per heavy atom. The van der Waals surface area contributed by atoms with E-state index in [0.717, 1.165) is 24.7 Å². The van der Waals surface area contributed by atoms with Gasteiger partial charge < -0.3 is 9.13 Å². The molecule has 92 valence electrons. The number of hydrogen-bond donors (Lipinski definition) is 0. The van der Waals surface area contributed by atoms with Crippen LogP contribution >= 0.6 is 0 Å². The van der Waals surface area contributed by atoms with E-state index in [9.17, 15) is 0 Å². The SMILES string of the molecule is Cc1nccn1CCCCCn1ccnc1C. The van der Waals surface area contributed by atoms with Gasteiger partial charge in [0.2, 0.25) is 0 Å². The summed E-state index contributed by atoms with van der Waals surface area (Å²) < 4.78 is 4.42. The van der Waals surface area contributed by atoms with E-state index in [1.807, 2.05) is 12.4 Å². The Kier molecular flexibility index (Phi) is 3.96. The van der Waals surface area contributed by atoms with Crippen LogP contribution in [0.2, 0.25) is 0 Å². The maximum Gasteiger partial charge on any atom is 0.105 e. The van der Waals surface area contributed by atoms with E-state index >= 15 is 0 Å². The van der Waals surface area contributed by atoms with Gasteiger partial charge in [-0.2, -0.15) is 0 Å². The van der Waals surface area contributed by atoms with Gasteiger partial charge in [-0.3, -0.25) is 0 Å². The van der Waals surface area contributed by atoms with Gasteiger partial charge in [-0.05, 0) is 33.1 Å². The average molecular weight is 232 g/mol. The summed E-state index contributed by atoms with van der Waals surface area (Å²) in [6, 6.07) is 0. The van der Waals surface area contributed by atoms with E-state index in [1.165, 1.54) is 19.3 Å². The highest BCUT2D eigenvalue weighted by molar-refractivity contribution is 4.89. The minimum atomic E-state index is 1.08. The first kappa shape index (κ1) is 11.9. The maximum absolute atomic E-state index is 4.22. The summed E-state index contributed by atoms with van der Waals surface area (Å²) >= 11 is 0. The normalized spacial score (nSPS) is 10.9. The topological polar surface area (TPSA) is 35.6 Å². The van der Waals surface area contributed by atoms with Crippen molar-refractivity contribution in [3.8, 4) is 0 Å². The van der Waals surface area contributed by atoms with Crippen LogP contribution in [0, 0.1) is 13.8 Å². The summed E-state index contributed by atoms with van der Waals surface area (Å²) in [6.07, 6.45) is 11.5. The highest BCUT2D eigenvalue weighted by Crippen LogP contribution is 2.05. The Balaban J connectivity index is 1.64. The van der Waals surface area contributed by atoms with Crippen molar-refractivity contribution in [2.45, 2.75) is 46.2 Å². The van der Waals surface area contributed by atoms with Crippen molar-refractivity contribution in [3.05, 3.63) is 36.4 Å². The van der Waals surface area contributed by atoms with Crippen LogP contribution in [0.25, 0.3) is 0 Å². The number of aryl methyl sites for hydroxylation is 4. The fourth-order valence-electron chi connectivity index (χ4n) is 2.02. The van der Waals surface area contributed by atoms with E-state index in [-0.39, 0.29) is 0 Å². The van der Waals surface area contributed by atoms with E-state index in [4.69, 9.17) is 0 Å². The summed E-state index contributed by atoms with van der Waals surface area (Å²) in [5.74, 6) is 2.21. The average Bonchev–Trinajstić information content (AvgIpc) is 2.89. The molecule has 4 heteroatoms. The minimum Gasteiger partial charge on any atom is -0.335 e. The van der Waals surface area contributed by atoms with Crippen molar-refractivity contribution in [1.82, 2.24) is 19.1 Å². The lowest BCUT2D eigenvalue weighted by Gasteiger charge is -2.06. The van der Waals surface area contributed by atoms with Crippen LogP contribution in [0.4, 0.5) is 0 Å². The van der Waals surface area contributed by atoms with E-state index in [1.54, 1.807) is 0 Å². The molecule has 0 aliphatic carbocycles. The third kappa shape index (κ3) is 3.19. The van der Waals surface area contributed by atoms with E-state index < -0.39 is 0 Å². The van der Waals surface area contributed by atoms with Crippen molar-refractivity contribution < 1.29 is 0 Å². The fourth-order valence-corrected chi connectivity index (χ4v) is 2.02. The standard InChI is InChI=1S/C13H20N4/c1-12-14-6-10-16(12)8-4-3-5-9-17-11-7-15-13(17)2/h6-7,10-11H,3-5,8-9H2,1-2H3. The predicted molar refractivity (Wildman–Crippen MR) is 67.8 cm³/mol. The molecule has 0 bridgehead atoms. The van der Waals surface area contributed by atoms with Gasteiger partial charge in [-0.25, -0.2) is 9.97 Å². The first-order valence-corrected chi connectivity index (χ1v) is 6.23. The quantitative estimate of drug-likeness (QED) is 0.718. The van der Waals surface area contributed by atoms with Gasteiger partial charge in [0, 0.05) is 37.9 Å². The lowest BCUT2D eigenvalue weighted by atomic mass is 10.2. The van der Waals surface area contributed by atoms with Gasteiger partial charge >= 0.3 is 0 Å². The second-order valence-electron chi connectivity index (χ2n) is 4.40. The Hall–Kier alpha value is -1.58. The first-order valence-electron chi connectivity index (χ1n) is 6.23. The Bertz CT molecular complexity index is 413. The second-order valence-corrected chi connectivity index (χ2v) is 4.40. The molecule has 2 aromatic rings. The van der Waals surface area contributed by atoms with Crippen LogP contribution < -0.4 is 0 Å². The first-order chi connectivity index (χ1) is 8.27. The number of unbranched alkanes of at least 4 members (excludes halogenated alkanes) is 2. The van der Waals surface area contributed by atoms with Crippen molar-refractivity contribution in [2.24, 2.45) is 0 Å². The van der Waals surface area contributed by atoms with Crippen molar-refractivity contribution in [1.29, 1.82) is 0 Å². The summed E-state index contributed by atoms with van der Waals surface area (Å²) in [7, 11) is 0. The lowest BCUT2D eigenvalue weighted by molar-refractivity contribution is 0.535. The van der Waals surface area contributed by atoms with Gasteiger partial charge in [0.15, 0.2) is 0 Å².